The molecule has 2 heterocycles. The van der Waals surface area contributed by atoms with Crippen molar-refractivity contribution in [2.24, 2.45) is 0 Å². The van der Waals surface area contributed by atoms with Crippen LogP contribution in [0.25, 0.3) is 11.0 Å². The summed E-state index contributed by atoms with van der Waals surface area (Å²) in [5, 5.41) is 1.21. The van der Waals surface area contributed by atoms with Gasteiger partial charge in [-0.25, -0.2) is 4.98 Å². The van der Waals surface area contributed by atoms with Crippen molar-refractivity contribution in [1.29, 1.82) is 0 Å². The monoisotopic (exact) mass is 463 g/mol. The van der Waals surface area contributed by atoms with E-state index in [1.54, 1.807) is 41.3 Å². The van der Waals surface area contributed by atoms with Crippen LogP contribution in [-0.4, -0.2) is 27.8 Å². The summed E-state index contributed by atoms with van der Waals surface area (Å²) in [6.45, 7) is 0.641. The molecule has 1 atom stereocenters. The molecule has 0 N–H and O–H groups in total. The summed E-state index contributed by atoms with van der Waals surface area (Å²) in [4.78, 5) is 32.4. The number of hydrogen-bond acceptors (Lipinski definition) is 3. The summed E-state index contributed by atoms with van der Waals surface area (Å²) in [7, 11) is 0. The summed E-state index contributed by atoms with van der Waals surface area (Å²) in [5.41, 5.74) is 3.08. The number of para-hydroxylation sites is 2. The Kier molecular flexibility index (Phi) is 5.45. The van der Waals surface area contributed by atoms with Crippen molar-refractivity contribution < 1.29 is 9.59 Å². The highest BCUT2D eigenvalue weighted by Gasteiger charge is 2.35. The Bertz CT molecular complexity index is 1310. The van der Waals surface area contributed by atoms with E-state index in [1.807, 2.05) is 41.0 Å². The molecule has 160 valence electrons. The highest BCUT2D eigenvalue weighted by molar-refractivity contribution is 6.31. The lowest BCUT2D eigenvalue weighted by molar-refractivity contribution is -0.117. The highest BCUT2D eigenvalue weighted by atomic mass is 35.5. The molecule has 0 radical (unpaired) electrons. The van der Waals surface area contributed by atoms with Crippen molar-refractivity contribution in [3.8, 4) is 0 Å². The number of rotatable bonds is 5. The van der Waals surface area contributed by atoms with Crippen molar-refractivity contribution in [3.63, 3.8) is 0 Å². The number of carbonyl (C=O) groups excluding carboxylic acids is 2. The minimum absolute atomic E-state index is 0.0277. The number of fused-ring (bicyclic) bond motifs is 1. The molecular weight excluding hydrogens is 445 g/mol. The smallest absolute Gasteiger partial charge is 0.227 e. The van der Waals surface area contributed by atoms with Crippen LogP contribution in [0.3, 0.4) is 0 Å². The second kappa shape index (κ2) is 8.41. The number of amides is 1. The van der Waals surface area contributed by atoms with Crippen LogP contribution in [0.2, 0.25) is 10.0 Å². The first-order valence-electron chi connectivity index (χ1n) is 10.3. The van der Waals surface area contributed by atoms with E-state index in [1.165, 1.54) is 0 Å². The van der Waals surface area contributed by atoms with Crippen LogP contribution in [0.1, 0.15) is 28.5 Å². The molecule has 0 spiro atoms. The highest BCUT2D eigenvalue weighted by Crippen LogP contribution is 2.33. The van der Waals surface area contributed by atoms with Crippen LogP contribution in [0.4, 0.5) is 5.69 Å². The van der Waals surface area contributed by atoms with E-state index in [0.717, 1.165) is 22.5 Å². The third-order valence-electron chi connectivity index (χ3n) is 5.78. The maximum Gasteiger partial charge on any atom is 0.227 e. The van der Waals surface area contributed by atoms with Gasteiger partial charge in [0.2, 0.25) is 5.91 Å². The average molecular weight is 464 g/mol. The van der Waals surface area contributed by atoms with Gasteiger partial charge in [0.15, 0.2) is 5.78 Å². The van der Waals surface area contributed by atoms with Gasteiger partial charge in [-0.15, -0.1) is 0 Å². The summed E-state index contributed by atoms with van der Waals surface area (Å²) >= 11 is 12.0. The number of aromatic nitrogens is 2. The zero-order valence-corrected chi connectivity index (χ0v) is 18.6. The van der Waals surface area contributed by atoms with E-state index in [4.69, 9.17) is 28.2 Å². The lowest BCUT2D eigenvalue weighted by Gasteiger charge is -2.17. The molecule has 3 aromatic carbocycles. The largest absolute Gasteiger partial charge is 0.320 e. The number of benzene rings is 3. The summed E-state index contributed by atoms with van der Waals surface area (Å²) in [6.07, 6.45) is 0.334. The molecular formula is C25H19Cl2N3O2. The molecule has 0 saturated carbocycles. The van der Waals surface area contributed by atoms with Gasteiger partial charge in [-0.3, -0.25) is 9.59 Å². The van der Waals surface area contributed by atoms with Gasteiger partial charge >= 0.3 is 0 Å². The Morgan fingerprint density at radius 3 is 2.31 bits per heavy atom. The van der Waals surface area contributed by atoms with Crippen molar-refractivity contribution >= 4 is 51.6 Å². The predicted molar refractivity (Wildman–Crippen MR) is 127 cm³/mol. The molecule has 4 aromatic rings. The van der Waals surface area contributed by atoms with Gasteiger partial charge in [-0.05, 0) is 60.7 Å². The van der Waals surface area contributed by atoms with E-state index in [0.29, 0.717) is 28.6 Å². The van der Waals surface area contributed by atoms with Gasteiger partial charge in [0.25, 0.3) is 0 Å². The molecule has 1 fully saturated rings. The number of carbonyl (C=O) groups is 2. The van der Waals surface area contributed by atoms with Crippen molar-refractivity contribution in [2.45, 2.75) is 18.9 Å². The Balaban J connectivity index is 1.49. The molecule has 1 amide bonds. The number of anilines is 1. The third-order valence-corrected chi connectivity index (χ3v) is 6.28. The first-order chi connectivity index (χ1) is 15.5. The van der Waals surface area contributed by atoms with Crippen LogP contribution in [0.15, 0.2) is 72.8 Å². The number of hydrogen-bond donors (Lipinski definition) is 0. The van der Waals surface area contributed by atoms with Crippen LogP contribution in [-0.2, 0) is 11.3 Å². The molecule has 1 aromatic heterocycles. The van der Waals surface area contributed by atoms with Crippen LogP contribution in [0, 0.1) is 0 Å². The first kappa shape index (κ1) is 20.7. The van der Waals surface area contributed by atoms with Gasteiger partial charge in [-0.2, -0.15) is 0 Å². The molecule has 1 aliphatic rings. The van der Waals surface area contributed by atoms with Crippen molar-refractivity contribution in [3.05, 3.63) is 94.2 Å². The average Bonchev–Trinajstić information content (AvgIpc) is 3.35. The zero-order chi connectivity index (χ0) is 22.2. The molecule has 5 nitrogen and oxygen atoms in total. The number of halogens is 2. The SMILES string of the molecule is O=C(Cn1c(C2CC(=O)N(c3ccc(Cl)cc3)C2)nc2ccccc21)c1ccc(Cl)cc1. The van der Waals surface area contributed by atoms with E-state index in [9.17, 15) is 9.59 Å². The molecule has 0 aliphatic carbocycles. The number of nitrogens with zero attached hydrogens (tertiary/aromatic N) is 3. The lowest BCUT2D eigenvalue weighted by Crippen LogP contribution is -2.24. The van der Waals surface area contributed by atoms with Crippen LogP contribution >= 0.6 is 23.2 Å². The van der Waals surface area contributed by atoms with Crippen LogP contribution < -0.4 is 4.90 Å². The summed E-state index contributed by atoms with van der Waals surface area (Å²) in [5.74, 6) is 0.617. The zero-order valence-electron chi connectivity index (χ0n) is 17.0. The second-order valence-electron chi connectivity index (χ2n) is 7.86. The fourth-order valence-electron chi connectivity index (χ4n) is 4.19. The molecule has 5 rings (SSSR count). The number of imidazole rings is 1. The van der Waals surface area contributed by atoms with E-state index >= 15 is 0 Å². The van der Waals surface area contributed by atoms with E-state index in [2.05, 4.69) is 0 Å². The maximum absolute atomic E-state index is 13.0. The first-order valence-corrected chi connectivity index (χ1v) is 11.0. The number of Topliss-reactive ketones (excluding diaryl/α,β-unsaturated/α-hetero) is 1. The minimum Gasteiger partial charge on any atom is -0.320 e. The Hall–Kier alpha value is -3.15. The number of ketones is 1. The Morgan fingerprint density at radius 2 is 1.59 bits per heavy atom. The van der Waals surface area contributed by atoms with Gasteiger partial charge in [0.1, 0.15) is 5.82 Å². The Labute approximate surface area is 195 Å². The standard InChI is InChI=1S/C25H19Cl2N3O2/c26-18-7-5-16(6-8-18)23(31)15-30-22-4-2-1-3-21(22)28-25(30)17-13-24(32)29(14-17)20-11-9-19(27)10-12-20/h1-12,17H,13-15H2. The maximum atomic E-state index is 13.0. The van der Waals surface area contributed by atoms with E-state index < -0.39 is 0 Å². The normalized spacial score (nSPS) is 16.1. The van der Waals surface area contributed by atoms with Crippen molar-refractivity contribution in [1.82, 2.24) is 9.55 Å². The van der Waals surface area contributed by atoms with Crippen molar-refractivity contribution in [2.75, 3.05) is 11.4 Å². The molecule has 7 heteroatoms. The molecule has 1 saturated heterocycles. The quantitative estimate of drug-likeness (QED) is 0.354. The summed E-state index contributed by atoms with van der Waals surface area (Å²) < 4.78 is 1.94. The summed E-state index contributed by atoms with van der Waals surface area (Å²) in [6, 6.07) is 21.8. The fourth-order valence-corrected chi connectivity index (χ4v) is 4.45. The fraction of sp³-hybridized carbons (Fsp3) is 0.160. The van der Waals surface area contributed by atoms with E-state index in [-0.39, 0.29) is 24.2 Å². The minimum atomic E-state index is -0.122. The molecule has 1 unspecified atom stereocenters. The molecule has 32 heavy (non-hydrogen) atoms. The predicted octanol–water partition coefficient (Wildman–Crippen LogP) is 5.75. The second-order valence-corrected chi connectivity index (χ2v) is 8.73. The molecule has 0 bridgehead atoms. The van der Waals surface area contributed by atoms with Gasteiger partial charge in [0.05, 0.1) is 17.6 Å². The molecule has 1 aliphatic heterocycles. The third kappa shape index (κ3) is 3.90. The van der Waals surface area contributed by atoms with Gasteiger partial charge in [0, 0.05) is 40.2 Å². The van der Waals surface area contributed by atoms with Crippen LogP contribution in [0.5, 0.6) is 0 Å². The van der Waals surface area contributed by atoms with Gasteiger partial charge in [-0.1, -0.05) is 35.3 Å². The Morgan fingerprint density at radius 1 is 0.938 bits per heavy atom. The lowest BCUT2D eigenvalue weighted by atomic mass is 10.1. The topological polar surface area (TPSA) is 55.2 Å². The van der Waals surface area contributed by atoms with Gasteiger partial charge < -0.3 is 9.47 Å².